The van der Waals surface area contributed by atoms with Crippen molar-refractivity contribution in [2.24, 2.45) is 0 Å². The van der Waals surface area contributed by atoms with Crippen LogP contribution in [0.1, 0.15) is 31.1 Å². The van der Waals surface area contributed by atoms with Crippen molar-refractivity contribution in [3.63, 3.8) is 0 Å². The summed E-state index contributed by atoms with van der Waals surface area (Å²) in [6, 6.07) is 22.1. The van der Waals surface area contributed by atoms with Crippen LogP contribution in [0.2, 0.25) is 0 Å². The quantitative estimate of drug-likeness (QED) is 0.298. The molecule has 2 aromatic heterocycles. The molecule has 2 N–H and O–H groups in total. The molecular weight excluding hydrogens is 440 g/mol. The number of aromatic nitrogens is 4. The van der Waals surface area contributed by atoms with Crippen LogP contribution in [0.4, 0.5) is 0 Å². The molecule has 0 unspecified atom stereocenters. The van der Waals surface area contributed by atoms with Crippen molar-refractivity contribution >= 4 is 16.9 Å². The highest BCUT2D eigenvalue weighted by atomic mass is 16.5. The zero-order valence-corrected chi connectivity index (χ0v) is 19.6. The molecule has 0 bridgehead atoms. The Morgan fingerprint density at radius 2 is 1.77 bits per heavy atom. The van der Waals surface area contributed by atoms with Gasteiger partial charge in [-0.2, -0.15) is 10.2 Å². The third kappa shape index (κ3) is 4.66. The molecule has 7 heteroatoms. The van der Waals surface area contributed by atoms with Gasteiger partial charge in [-0.3, -0.25) is 14.6 Å². The summed E-state index contributed by atoms with van der Waals surface area (Å²) in [7, 11) is 0. The second-order valence-electron chi connectivity index (χ2n) is 8.75. The minimum atomic E-state index is -0.891. The highest BCUT2D eigenvalue weighted by Gasteiger charge is 2.16. The van der Waals surface area contributed by atoms with E-state index in [1.165, 1.54) is 0 Å². The second-order valence-corrected chi connectivity index (χ2v) is 8.75. The van der Waals surface area contributed by atoms with E-state index in [2.05, 4.69) is 60.4 Å². The summed E-state index contributed by atoms with van der Waals surface area (Å²) in [5.41, 5.74) is 6.80. The first-order valence-electron chi connectivity index (χ1n) is 11.5. The Kier molecular flexibility index (Phi) is 6.06. The van der Waals surface area contributed by atoms with E-state index in [-0.39, 0.29) is 19.1 Å². The molecule has 35 heavy (non-hydrogen) atoms. The standard InChI is InChI=1S/C28H26N4O3/c1-18(2)32-26-11-10-21(19-7-5-8-20(12-19)23-15-29-30-16-23)13-24(26)25(31-32)17-35-27-9-4-3-6-22(27)14-28(33)34/h3-13,15-16,18H,14,17H2,1-2H3,(H,29,30)(H,33,34). The normalized spacial score (nSPS) is 11.3. The van der Waals surface area contributed by atoms with Crippen molar-refractivity contribution in [1.29, 1.82) is 0 Å². The van der Waals surface area contributed by atoms with Crippen LogP contribution in [0.25, 0.3) is 33.2 Å². The van der Waals surface area contributed by atoms with Gasteiger partial charge in [0.15, 0.2) is 0 Å². The van der Waals surface area contributed by atoms with E-state index < -0.39 is 5.97 Å². The molecule has 5 rings (SSSR count). The molecule has 0 spiro atoms. The molecule has 176 valence electrons. The lowest BCUT2D eigenvalue weighted by Crippen LogP contribution is -2.06. The Morgan fingerprint density at radius 3 is 2.51 bits per heavy atom. The number of carboxylic acid groups (broad SMARTS) is 1. The van der Waals surface area contributed by atoms with Crippen molar-refractivity contribution in [2.45, 2.75) is 32.9 Å². The minimum Gasteiger partial charge on any atom is -0.487 e. The molecule has 0 fully saturated rings. The van der Waals surface area contributed by atoms with Gasteiger partial charge < -0.3 is 9.84 Å². The van der Waals surface area contributed by atoms with Gasteiger partial charge in [0, 0.05) is 28.8 Å². The summed E-state index contributed by atoms with van der Waals surface area (Å²) >= 11 is 0. The number of ether oxygens (including phenoxy) is 1. The average Bonchev–Trinajstić information content (AvgIpc) is 3.52. The number of H-pyrrole nitrogens is 1. The summed E-state index contributed by atoms with van der Waals surface area (Å²) in [5, 5.41) is 22.0. The molecule has 0 radical (unpaired) electrons. The van der Waals surface area contributed by atoms with Gasteiger partial charge in [-0.05, 0) is 54.8 Å². The fourth-order valence-electron chi connectivity index (χ4n) is 4.27. The van der Waals surface area contributed by atoms with E-state index in [1.807, 2.05) is 35.3 Å². The summed E-state index contributed by atoms with van der Waals surface area (Å²) in [6.07, 6.45) is 3.60. The van der Waals surface area contributed by atoms with E-state index in [0.717, 1.165) is 38.9 Å². The number of nitrogens with one attached hydrogen (secondary N) is 1. The fourth-order valence-corrected chi connectivity index (χ4v) is 4.27. The van der Waals surface area contributed by atoms with Gasteiger partial charge in [-0.1, -0.05) is 42.5 Å². The minimum absolute atomic E-state index is 0.0888. The van der Waals surface area contributed by atoms with Crippen molar-refractivity contribution in [3.8, 4) is 28.0 Å². The molecule has 2 heterocycles. The molecule has 0 aliphatic heterocycles. The summed E-state index contributed by atoms with van der Waals surface area (Å²) < 4.78 is 8.09. The van der Waals surface area contributed by atoms with E-state index in [1.54, 1.807) is 12.1 Å². The number of aromatic amines is 1. The molecule has 3 aromatic carbocycles. The van der Waals surface area contributed by atoms with E-state index in [4.69, 9.17) is 9.84 Å². The van der Waals surface area contributed by atoms with Gasteiger partial charge in [0.1, 0.15) is 18.1 Å². The van der Waals surface area contributed by atoms with Gasteiger partial charge in [0.2, 0.25) is 0 Å². The molecule has 5 aromatic rings. The summed E-state index contributed by atoms with van der Waals surface area (Å²) in [6.45, 7) is 4.44. The number of hydrogen-bond donors (Lipinski definition) is 2. The third-order valence-electron chi connectivity index (χ3n) is 5.98. The van der Waals surface area contributed by atoms with Crippen LogP contribution < -0.4 is 4.74 Å². The van der Waals surface area contributed by atoms with Gasteiger partial charge in [-0.25, -0.2) is 0 Å². The number of rotatable bonds is 8. The highest BCUT2D eigenvalue weighted by molar-refractivity contribution is 5.88. The zero-order chi connectivity index (χ0) is 24.4. The van der Waals surface area contributed by atoms with E-state index in [9.17, 15) is 9.90 Å². The fraction of sp³-hybridized carbons (Fsp3) is 0.179. The van der Waals surface area contributed by atoms with Crippen LogP contribution in [-0.2, 0) is 17.8 Å². The Morgan fingerprint density at radius 1 is 1.00 bits per heavy atom. The van der Waals surface area contributed by atoms with Crippen LogP contribution in [-0.4, -0.2) is 31.1 Å². The van der Waals surface area contributed by atoms with E-state index >= 15 is 0 Å². The van der Waals surface area contributed by atoms with Crippen LogP contribution in [0.3, 0.4) is 0 Å². The lowest BCUT2D eigenvalue weighted by molar-refractivity contribution is -0.136. The molecule has 7 nitrogen and oxygen atoms in total. The number of hydrogen-bond acceptors (Lipinski definition) is 4. The second kappa shape index (κ2) is 9.46. The summed E-state index contributed by atoms with van der Waals surface area (Å²) in [5.74, 6) is -0.330. The third-order valence-corrected chi connectivity index (χ3v) is 5.98. The molecule has 0 atom stereocenters. The maximum Gasteiger partial charge on any atom is 0.307 e. The molecule has 0 amide bonds. The van der Waals surface area contributed by atoms with Crippen LogP contribution in [0.5, 0.6) is 5.75 Å². The molecule has 0 saturated carbocycles. The maximum absolute atomic E-state index is 11.2. The Hall–Kier alpha value is -4.39. The predicted molar refractivity (Wildman–Crippen MR) is 135 cm³/mol. The Bertz CT molecular complexity index is 1490. The smallest absolute Gasteiger partial charge is 0.307 e. The largest absolute Gasteiger partial charge is 0.487 e. The van der Waals surface area contributed by atoms with Gasteiger partial charge in [-0.15, -0.1) is 0 Å². The van der Waals surface area contributed by atoms with Crippen LogP contribution in [0.15, 0.2) is 79.1 Å². The first-order chi connectivity index (χ1) is 17.0. The number of para-hydroxylation sites is 1. The molecule has 0 aliphatic carbocycles. The first-order valence-corrected chi connectivity index (χ1v) is 11.5. The highest BCUT2D eigenvalue weighted by Crippen LogP contribution is 2.31. The number of aliphatic carboxylic acids is 1. The van der Waals surface area contributed by atoms with Crippen molar-refractivity contribution < 1.29 is 14.6 Å². The zero-order valence-electron chi connectivity index (χ0n) is 19.6. The molecular formula is C28H26N4O3. The van der Waals surface area contributed by atoms with Gasteiger partial charge in [0.25, 0.3) is 0 Å². The Labute approximate surface area is 203 Å². The number of nitrogens with zero attached hydrogens (tertiary/aromatic N) is 3. The van der Waals surface area contributed by atoms with E-state index in [0.29, 0.717) is 11.3 Å². The lowest BCUT2D eigenvalue weighted by Gasteiger charge is -2.09. The van der Waals surface area contributed by atoms with Crippen molar-refractivity contribution in [3.05, 3.63) is 90.4 Å². The summed E-state index contributed by atoms with van der Waals surface area (Å²) in [4.78, 5) is 11.2. The number of benzene rings is 3. The van der Waals surface area contributed by atoms with Crippen molar-refractivity contribution in [1.82, 2.24) is 20.0 Å². The Balaban J connectivity index is 1.51. The van der Waals surface area contributed by atoms with Crippen molar-refractivity contribution in [2.75, 3.05) is 0 Å². The average molecular weight is 467 g/mol. The topological polar surface area (TPSA) is 93.0 Å². The SMILES string of the molecule is CC(C)n1nc(COc2ccccc2CC(=O)O)c2cc(-c3cccc(-c4cn[nH]c4)c3)ccc21. The van der Waals surface area contributed by atoms with Crippen LogP contribution in [0, 0.1) is 0 Å². The molecule has 0 aliphatic rings. The predicted octanol–water partition coefficient (Wildman–Crippen LogP) is 5.88. The van der Waals surface area contributed by atoms with Crippen LogP contribution >= 0.6 is 0 Å². The van der Waals surface area contributed by atoms with Gasteiger partial charge >= 0.3 is 5.97 Å². The lowest BCUT2D eigenvalue weighted by atomic mass is 9.99. The van der Waals surface area contributed by atoms with Gasteiger partial charge in [0.05, 0.1) is 18.1 Å². The first kappa shape index (κ1) is 22.4. The number of carboxylic acids is 1. The number of carbonyl (C=O) groups is 1. The number of fused-ring (bicyclic) bond motifs is 1. The maximum atomic E-state index is 11.2. The molecule has 0 saturated heterocycles. The monoisotopic (exact) mass is 466 g/mol.